The summed E-state index contributed by atoms with van der Waals surface area (Å²) in [6.45, 7) is -0.0882. The second-order valence-corrected chi connectivity index (χ2v) is 4.94. The minimum atomic E-state index is -0.258. The van der Waals surface area contributed by atoms with Gasteiger partial charge in [-0.05, 0) is 40.2 Å². The van der Waals surface area contributed by atoms with Crippen molar-refractivity contribution < 1.29 is 9.53 Å². The molecular weight excluding hydrogens is 332 g/mol. The fourth-order valence-corrected chi connectivity index (χ4v) is 1.90. The van der Waals surface area contributed by atoms with E-state index in [2.05, 4.69) is 26.2 Å². The van der Waals surface area contributed by atoms with Crippen LogP contribution in [0.15, 0.2) is 47.2 Å². The Labute approximate surface area is 123 Å². The first-order valence-electron chi connectivity index (χ1n) is 5.43. The Hall–Kier alpha value is -1.59. The third-order valence-electron chi connectivity index (χ3n) is 2.21. The second kappa shape index (κ2) is 6.54. The van der Waals surface area contributed by atoms with Gasteiger partial charge in [0, 0.05) is 17.4 Å². The lowest BCUT2D eigenvalue weighted by atomic mass is 10.3. The van der Waals surface area contributed by atoms with Gasteiger partial charge >= 0.3 is 0 Å². The van der Waals surface area contributed by atoms with Crippen LogP contribution in [0.1, 0.15) is 0 Å². The molecule has 1 aromatic carbocycles. The summed E-state index contributed by atoms with van der Waals surface area (Å²) in [6, 6.07) is 8.58. The monoisotopic (exact) mass is 340 g/mol. The Morgan fingerprint density at radius 2 is 2.26 bits per heavy atom. The maximum atomic E-state index is 11.7. The van der Waals surface area contributed by atoms with Crippen molar-refractivity contribution in [2.24, 2.45) is 0 Å². The van der Waals surface area contributed by atoms with E-state index in [1.54, 1.807) is 42.7 Å². The summed E-state index contributed by atoms with van der Waals surface area (Å²) in [4.78, 5) is 15.6. The maximum Gasteiger partial charge on any atom is 0.262 e. The molecule has 6 heteroatoms. The van der Waals surface area contributed by atoms with E-state index in [0.29, 0.717) is 20.9 Å². The molecular formula is C13H10BrClN2O2. The summed E-state index contributed by atoms with van der Waals surface area (Å²) in [5.41, 5.74) is 0.648. The van der Waals surface area contributed by atoms with E-state index < -0.39 is 0 Å². The molecule has 0 radical (unpaired) electrons. The molecule has 1 heterocycles. The van der Waals surface area contributed by atoms with Crippen LogP contribution in [0.3, 0.4) is 0 Å². The standard InChI is InChI=1S/C13H10BrClN2O2/c14-11-7-16-5-4-12(11)17-13(18)8-19-10-3-1-2-9(15)6-10/h1-7H,8H2,(H,16,17,18). The highest BCUT2D eigenvalue weighted by Gasteiger charge is 2.06. The molecule has 19 heavy (non-hydrogen) atoms. The van der Waals surface area contributed by atoms with Crippen molar-refractivity contribution in [1.29, 1.82) is 0 Å². The van der Waals surface area contributed by atoms with Crippen LogP contribution in [0.5, 0.6) is 5.75 Å². The van der Waals surface area contributed by atoms with Gasteiger partial charge in [0.25, 0.3) is 5.91 Å². The van der Waals surface area contributed by atoms with Gasteiger partial charge in [-0.2, -0.15) is 0 Å². The third-order valence-corrected chi connectivity index (χ3v) is 3.08. The summed E-state index contributed by atoms with van der Waals surface area (Å²) in [6.07, 6.45) is 3.20. The largest absolute Gasteiger partial charge is 0.484 e. The van der Waals surface area contributed by atoms with Crippen molar-refractivity contribution in [3.63, 3.8) is 0 Å². The highest BCUT2D eigenvalue weighted by atomic mass is 79.9. The van der Waals surface area contributed by atoms with E-state index >= 15 is 0 Å². The first-order chi connectivity index (χ1) is 9.15. The van der Waals surface area contributed by atoms with Crippen LogP contribution in [0, 0.1) is 0 Å². The number of rotatable bonds is 4. The van der Waals surface area contributed by atoms with Gasteiger partial charge < -0.3 is 10.1 Å². The third kappa shape index (κ3) is 4.22. The summed E-state index contributed by atoms with van der Waals surface area (Å²) < 4.78 is 6.05. The Kier molecular flexibility index (Phi) is 4.76. The van der Waals surface area contributed by atoms with Crippen LogP contribution in [0.2, 0.25) is 5.02 Å². The van der Waals surface area contributed by atoms with Crippen LogP contribution < -0.4 is 10.1 Å². The first-order valence-corrected chi connectivity index (χ1v) is 6.60. The van der Waals surface area contributed by atoms with Gasteiger partial charge in [0.1, 0.15) is 5.75 Å². The average molecular weight is 342 g/mol. The number of benzene rings is 1. The van der Waals surface area contributed by atoms with Crippen LogP contribution in [0.4, 0.5) is 5.69 Å². The van der Waals surface area contributed by atoms with Crippen molar-refractivity contribution in [3.8, 4) is 5.75 Å². The van der Waals surface area contributed by atoms with Crippen molar-refractivity contribution in [3.05, 3.63) is 52.2 Å². The first kappa shape index (κ1) is 13.8. The summed E-state index contributed by atoms with van der Waals surface area (Å²) >= 11 is 9.11. The van der Waals surface area contributed by atoms with Crippen molar-refractivity contribution in [2.75, 3.05) is 11.9 Å². The molecule has 1 N–H and O–H groups in total. The highest BCUT2D eigenvalue weighted by molar-refractivity contribution is 9.10. The number of aromatic nitrogens is 1. The topological polar surface area (TPSA) is 51.2 Å². The zero-order valence-electron chi connectivity index (χ0n) is 9.77. The molecule has 0 bridgehead atoms. The zero-order chi connectivity index (χ0) is 13.7. The molecule has 0 saturated carbocycles. The van der Waals surface area contributed by atoms with Gasteiger partial charge in [-0.1, -0.05) is 17.7 Å². The number of nitrogens with one attached hydrogen (secondary N) is 1. The summed E-state index contributed by atoms with van der Waals surface area (Å²) in [7, 11) is 0. The normalized spacial score (nSPS) is 10.0. The molecule has 0 spiro atoms. The number of pyridine rings is 1. The van der Waals surface area contributed by atoms with Gasteiger partial charge in [-0.25, -0.2) is 0 Å². The Morgan fingerprint density at radius 3 is 3.00 bits per heavy atom. The van der Waals surface area contributed by atoms with Crippen molar-refractivity contribution in [2.45, 2.75) is 0 Å². The minimum absolute atomic E-state index is 0.0882. The molecule has 0 aliphatic rings. The van der Waals surface area contributed by atoms with Crippen molar-refractivity contribution >= 4 is 39.1 Å². The molecule has 0 aliphatic heterocycles. The number of carbonyl (C=O) groups excluding carboxylic acids is 1. The number of halogens is 2. The van der Waals surface area contributed by atoms with E-state index in [4.69, 9.17) is 16.3 Å². The molecule has 0 aliphatic carbocycles. The molecule has 0 saturated heterocycles. The van der Waals surface area contributed by atoms with Crippen molar-refractivity contribution in [1.82, 2.24) is 4.98 Å². The van der Waals surface area contributed by atoms with Crippen LogP contribution >= 0.6 is 27.5 Å². The number of nitrogens with zero attached hydrogens (tertiary/aromatic N) is 1. The molecule has 0 fully saturated rings. The molecule has 2 aromatic rings. The summed E-state index contributed by atoms with van der Waals surface area (Å²) in [5.74, 6) is 0.295. The molecule has 1 aromatic heterocycles. The Bertz CT molecular complexity index is 592. The lowest BCUT2D eigenvalue weighted by Crippen LogP contribution is -2.20. The summed E-state index contributed by atoms with van der Waals surface area (Å²) in [5, 5.41) is 3.28. The molecule has 98 valence electrons. The number of anilines is 1. The van der Waals surface area contributed by atoms with Gasteiger partial charge in [0.2, 0.25) is 0 Å². The molecule has 0 atom stereocenters. The number of hydrogen-bond donors (Lipinski definition) is 1. The van der Waals surface area contributed by atoms with Gasteiger partial charge in [-0.3, -0.25) is 9.78 Å². The lowest BCUT2D eigenvalue weighted by molar-refractivity contribution is -0.118. The SMILES string of the molecule is O=C(COc1cccc(Cl)c1)Nc1ccncc1Br. The molecule has 2 rings (SSSR count). The predicted molar refractivity (Wildman–Crippen MR) is 77.5 cm³/mol. The lowest BCUT2D eigenvalue weighted by Gasteiger charge is -2.08. The Balaban J connectivity index is 1.90. The van der Waals surface area contributed by atoms with Crippen LogP contribution in [-0.4, -0.2) is 17.5 Å². The fourth-order valence-electron chi connectivity index (χ4n) is 1.37. The molecule has 4 nitrogen and oxygen atoms in total. The van der Waals surface area contributed by atoms with E-state index in [1.807, 2.05) is 0 Å². The van der Waals surface area contributed by atoms with E-state index in [9.17, 15) is 4.79 Å². The van der Waals surface area contributed by atoms with E-state index in [1.165, 1.54) is 0 Å². The zero-order valence-corrected chi connectivity index (χ0v) is 12.1. The molecule has 1 amide bonds. The van der Waals surface area contributed by atoms with E-state index in [-0.39, 0.29) is 12.5 Å². The maximum absolute atomic E-state index is 11.7. The van der Waals surface area contributed by atoms with Gasteiger partial charge in [-0.15, -0.1) is 0 Å². The predicted octanol–water partition coefficient (Wildman–Crippen LogP) is 3.52. The average Bonchev–Trinajstić information content (AvgIpc) is 2.39. The fraction of sp³-hybridized carbons (Fsp3) is 0.0769. The molecule has 0 unspecified atom stereocenters. The minimum Gasteiger partial charge on any atom is -0.484 e. The number of carbonyl (C=O) groups is 1. The Morgan fingerprint density at radius 1 is 1.42 bits per heavy atom. The second-order valence-electron chi connectivity index (χ2n) is 3.65. The van der Waals surface area contributed by atoms with E-state index in [0.717, 1.165) is 0 Å². The quantitative estimate of drug-likeness (QED) is 0.926. The highest BCUT2D eigenvalue weighted by Crippen LogP contribution is 2.20. The smallest absolute Gasteiger partial charge is 0.262 e. The number of ether oxygens (including phenoxy) is 1. The van der Waals surface area contributed by atoms with Gasteiger partial charge in [0.15, 0.2) is 6.61 Å². The number of hydrogen-bond acceptors (Lipinski definition) is 3. The van der Waals surface area contributed by atoms with Crippen LogP contribution in [0.25, 0.3) is 0 Å². The van der Waals surface area contributed by atoms with Gasteiger partial charge in [0.05, 0.1) is 10.2 Å². The van der Waals surface area contributed by atoms with Crippen LogP contribution in [-0.2, 0) is 4.79 Å². The number of amides is 1.